The molecule has 0 radical (unpaired) electrons. The Bertz CT molecular complexity index is 328. The van der Waals surface area contributed by atoms with Gasteiger partial charge in [-0.2, -0.15) is 0 Å². The van der Waals surface area contributed by atoms with Gasteiger partial charge in [-0.15, -0.1) is 0 Å². The molecule has 0 aliphatic heterocycles. The average Bonchev–Trinajstić information content (AvgIpc) is 2.78. The maximum Gasteiger partial charge on any atom is 0.237 e. The van der Waals surface area contributed by atoms with E-state index in [4.69, 9.17) is 10.6 Å². The van der Waals surface area contributed by atoms with Gasteiger partial charge in [0.05, 0.1) is 25.5 Å². The number of carbonyl (C=O) groups is 1. The van der Waals surface area contributed by atoms with E-state index in [0.29, 0.717) is 6.42 Å². The van der Waals surface area contributed by atoms with Crippen LogP contribution in [0.25, 0.3) is 0 Å². The van der Waals surface area contributed by atoms with E-state index in [9.17, 15) is 4.79 Å². The number of aromatic amines is 1. The van der Waals surface area contributed by atoms with Crippen molar-refractivity contribution in [2.24, 2.45) is 5.73 Å². The summed E-state index contributed by atoms with van der Waals surface area (Å²) in [6.07, 6.45) is 3.61. The Morgan fingerprint density at radius 3 is 3.06 bits per heavy atom. The topological polar surface area (TPSA) is 102 Å². The van der Waals surface area contributed by atoms with Crippen molar-refractivity contribution < 1.29 is 14.6 Å². The van der Waals surface area contributed by atoms with Gasteiger partial charge in [0.2, 0.25) is 5.91 Å². The zero-order valence-electron chi connectivity index (χ0n) is 9.97. The van der Waals surface area contributed by atoms with Crippen LogP contribution in [0.2, 0.25) is 0 Å². The summed E-state index contributed by atoms with van der Waals surface area (Å²) >= 11 is 0. The van der Waals surface area contributed by atoms with Gasteiger partial charge < -0.3 is 16.0 Å². The van der Waals surface area contributed by atoms with Crippen LogP contribution < -0.4 is 11.1 Å². The van der Waals surface area contributed by atoms with E-state index in [1.165, 1.54) is 7.11 Å². The van der Waals surface area contributed by atoms with Crippen molar-refractivity contribution in [2.75, 3.05) is 13.7 Å². The van der Waals surface area contributed by atoms with Gasteiger partial charge >= 0.3 is 0 Å². The number of nitrogens with two attached hydrogens (primary N) is 1. The minimum atomic E-state index is -0.611. The Morgan fingerprint density at radius 2 is 2.47 bits per heavy atom. The summed E-state index contributed by atoms with van der Waals surface area (Å²) in [7, 11) is 1.42. The van der Waals surface area contributed by atoms with E-state index in [-0.39, 0.29) is 18.6 Å². The summed E-state index contributed by atoms with van der Waals surface area (Å²) < 4.78 is 0. The van der Waals surface area contributed by atoms with Crippen molar-refractivity contribution >= 4 is 5.91 Å². The van der Waals surface area contributed by atoms with Crippen LogP contribution in [0.15, 0.2) is 12.5 Å². The summed E-state index contributed by atoms with van der Waals surface area (Å²) in [5.41, 5.74) is 6.58. The molecule has 0 aromatic carbocycles. The molecule has 0 unspecified atom stereocenters. The van der Waals surface area contributed by atoms with Gasteiger partial charge in [0.15, 0.2) is 0 Å². The quantitative estimate of drug-likeness (QED) is 0.436. The molecule has 2 atom stereocenters. The third-order valence-corrected chi connectivity index (χ3v) is 2.16. The van der Waals surface area contributed by atoms with Gasteiger partial charge in [0, 0.05) is 18.3 Å². The lowest BCUT2D eigenvalue weighted by atomic mass is 10.1. The Balaban J connectivity index is 2.31. The minimum Gasteiger partial charge on any atom is -0.350 e. The number of carbonyl (C=O) groups excluding carboxylic acids is 1. The molecule has 1 aromatic rings. The SMILES string of the molecule is COOC[C@H](C)NC(=O)[C@@H](N)Cc1cnc[nH]1. The van der Waals surface area contributed by atoms with Crippen LogP contribution in [-0.2, 0) is 21.0 Å². The second-order valence-electron chi connectivity index (χ2n) is 3.75. The van der Waals surface area contributed by atoms with Gasteiger partial charge in [-0.1, -0.05) is 0 Å². The van der Waals surface area contributed by atoms with Crippen molar-refractivity contribution in [2.45, 2.75) is 25.4 Å². The zero-order chi connectivity index (χ0) is 12.7. The highest BCUT2D eigenvalue weighted by Crippen LogP contribution is 1.97. The standard InChI is InChI=1S/C10H18N4O3/c1-7(5-17-16-2)14-10(15)9(11)3-8-4-12-6-13-8/h4,6-7,9H,3,5,11H2,1-2H3,(H,12,13)(H,14,15)/t7-,9-/m0/s1. The highest BCUT2D eigenvalue weighted by molar-refractivity contribution is 5.81. The fourth-order valence-corrected chi connectivity index (χ4v) is 1.29. The van der Waals surface area contributed by atoms with Gasteiger partial charge in [-0.3, -0.25) is 4.79 Å². The molecule has 1 amide bonds. The molecule has 0 aliphatic rings. The van der Waals surface area contributed by atoms with Gasteiger partial charge in [-0.25, -0.2) is 14.8 Å². The zero-order valence-corrected chi connectivity index (χ0v) is 9.97. The van der Waals surface area contributed by atoms with Crippen LogP contribution in [0.3, 0.4) is 0 Å². The molecule has 96 valence electrons. The second kappa shape index (κ2) is 7.00. The number of hydrogen-bond acceptors (Lipinski definition) is 5. The normalized spacial score (nSPS) is 14.3. The first kappa shape index (κ1) is 13.6. The van der Waals surface area contributed by atoms with Crippen LogP contribution in [0.5, 0.6) is 0 Å². The van der Waals surface area contributed by atoms with Gasteiger partial charge in [0.1, 0.15) is 6.61 Å². The Hall–Kier alpha value is -1.44. The van der Waals surface area contributed by atoms with E-state index >= 15 is 0 Å². The molecule has 0 aliphatic carbocycles. The number of imidazole rings is 1. The largest absolute Gasteiger partial charge is 0.350 e. The Labute approximate surface area is 99.6 Å². The molecule has 0 spiro atoms. The minimum absolute atomic E-state index is 0.157. The molecule has 4 N–H and O–H groups in total. The van der Waals surface area contributed by atoms with Crippen LogP contribution in [0, 0.1) is 0 Å². The maximum absolute atomic E-state index is 11.7. The summed E-state index contributed by atoms with van der Waals surface area (Å²) in [5, 5.41) is 2.72. The highest BCUT2D eigenvalue weighted by atomic mass is 17.2. The number of H-pyrrole nitrogens is 1. The lowest BCUT2D eigenvalue weighted by molar-refractivity contribution is -0.275. The first-order chi connectivity index (χ1) is 8.13. The number of aromatic nitrogens is 2. The number of rotatable bonds is 7. The Kier molecular flexibility index (Phi) is 5.61. The van der Waals surface area contributed by atoms with Crippen LogP contribution in [0.4, 0.5) is 0 Å². The lowest BCUT2D eigenvalue weighted by Crippen LogP contribution is -2.46. The van der Waals surface area contributed by atoms with E-state index < -0.39 is 6.04 Å². The smallest absolute Gasteiger partial charge is 0.237 e. The second-order valence-corrected chi connectivity index (χ2v) is 3.75. The molecular weight excluding hydrogens is 224 g/mol. The van der Waals surface area contributed by atoms with Gasteiger partial charge in [-0.05, 0) is 6.92 Å². The molecule has 17 heavy (non-hydrogen) atoms. The maximum atomic E-state index is 11.7. The average molecular weight is 242 g/mol. The van der Waals surface area contributed by atoms with E-state index in [1.807, 2.05) is 0 Å². The van der Waals surface area contributed by atoms with Crippen molar-refractivity contribution in [1.29, 1.82) is 0 Å². The summed E-state index contributed by atoms with van der Waals surface area (Å²) in [6, 6.07) is -0.768. The molecule has 0 bridgehead atoms. The first-order valence-corrected chi connectivity index (χ1v) is 5.32. The molecule has 0 saturated heterocycles. The third kappa shape index (κ3) is 4.94. The number of nitrogens with one attached hydrogen (secondary N) is 2. The number of amides is 1. The number of nitrogens with zero attached hydrogens (tertiary/aromatic N) is 1. The summed E-state index contributed by atoms with van der Waals surface area (Å²) in [6.45, 7) is 2.08. The molecule has 7 nitrogen and oxygen atoms in total. The monoisotopic (exact) mass is 242 g/mol. The van der Waals surface area contributed by atoms with E-state index in [0.717, 1.165) is 5.69 Å². The molecule has 0 fully saturated rings. The lowest BCUT2D eigenvalue weighted by Gasteiger charge is -2.16. The molecule has 1 heterocycles. The van der Waals surface area contributed by atoms with Crippen LogP contribution >= 0.6 is 0 Å². The summed E-state index contributed by atoms with van der Waals surface area (Å²) in [5.74, 6) is -0.230. The first-order valence-electron chi connectivity index (χ1n) is 5.32. The molecule has 1 aromatic heterocycles. The predicted molar refractivity (Wildman–Crippen MR) is 60.8 cm³/mol. The van der Waals surface area contributed by atoms with E-state index in [1.54, 1.807) is 19.4 Å². The Morgan fingerprint density at radius 1 is 1.71 bits per heavy atom. The summed E-state index contributed by atoms with van der Waals surface area (Å²) in [4.78, 5) is 27.6. The molecule has 1 rings (SSSR count). The van der Waals surface area contributed by atoms with Crippen LogP contribution in [0.1, 0.15) is 12.6 Å². The highest BCUT2D eigenvalue weighted by Gasteiger charge is 2.16. The van der Waals surface area contributed by atoms with E-state index in [2.05, 4.69) is 20.2 Å². The fourth-order valence-electron chi connectivity index (χ4n) is 1.29. The van der Waals surface area contributed by atoms with Gasteiger partial charge in [0.25, 0.3) is 0 Å². The van der Waals surface area contributed by atoms with Crippen molar-refractivity contribution in [3.63, 3.8) is 0 Å². The van der Waals surface area contributed by atoms with Crippen LogP contribution in [-0.4, -0.2) is 41.7 Å². The predicted octanol–water partition coefficient (Wildman–Crippen LogP) is -0.638. The van der Waals surface area contributed by atoms with Crippen molar-refractivity contribution in [1.82, 2.24) is 15.3 Å². The van der Waals surface area contributed by atoms with Crippen molar-refractivity contribution in [3.8, 4) is 0 Å². The number of hydrogen-bond donors (Lipinski definition) is 3. The third-order valence-electron chi connectivity index (χ3n) is 2.16. The molecule has 7 heteroatoms. The molecule has 0 saturated carbocycles. The van der Waals surface area contributed by atoms with Crippen molar-refractivity contribution in [3.05, 3.63) is 18.2 Å². The fraction of sp³-hybridized carbons (Fsp3) is 0.600. The molecular formula is C10H18N4O3.